The fraction of sp³-hybridized carbons (Fsp3) is 0.556. The molecule has 1 aromatic rings. The Morgan fingerprint density at radius 3 is 2.70 bits per heavy atom. The van der Waals surface area contributed by atoms with E-state index in [1.54, 1.807) is 19.1 Å². The number of rotatable bonds is 6. The van der Waals surface area contributed by atoms with Crippen LogP contribution in [0.3, 0.4) is 0 Å². The summed E-state index contributed by atoms with van der Waals surface area (Å²) in [6.45, 7) is 1.80. The molecule has 1 saturated heterocycles. The molecular formula is C18H26N4O4S. The van der Waals surface area contributed by atoms with Gasteiger partial charge < -0.3 is 16.0 Å². The van der Waals surface area contributed by atoms with Crippen molar-refractivity contribution in [2.45, 2.75) is 55.5 Å². The molecule has 1 aliphatic heterocycles. The second-order valence-electron chi connectivity index (χ2n) is 7.27. The SMILES string of the molecule is CNS(=O)(=O)c1cc(NC(=O)CNC2CCC(=O)NC23CCC3)ccc1C. The Morgan fingerprint density at radius 1 is 1.33 bits per heavy atom. The van der Waals surface area contributed by atoms with Gasteiger partial charge in [-0.25, -0.2) is 13.1 Å². The highest BCUT2D eigenvalue weighted by Gasteiger charge is 2.47. The van der Waals surface area contributed by atoms with E-state index in [0.717, 1.165) is 19.3 Å². The van der Waals surface area contributed by atoms with E-state index in [1.165, 1.54) is 13.1 Å². The number of nitrogens with one attached hydrogen (secondary N) is 4. The van der Waals surface area contributed by atoms with Gasteiger partial charge in [-0.15, -0.1) is 0 Å². The van der Waals surface area contributed by atoms with Crippen LogP contribution < -0.4 is 20.7 Å². The van der Waals surface area contributed by atoms with Crippen molar-refractivity contribution in [1.82, 2.24) is 15.4 Å². The van der Waals surface area contributed by atoms with Crippen LogP contribution in [0.5, 0.6) is 0 Å². The van der Waals surface area contributed by atoms with Gasteiger partial charge in [-0.3, -0.25) is 9.59 Å². The molecule has 3 rings (SSSR count). The van der Waals surface area contributed by atoms with Gasteiger partial charge in [0.15, 0.2) is 0 Å². The van der Waals surface area contributed by atoms with Crippen LogP contribution in [0.1, 0.15) is 37.7 Å². The maximum absolute atomic E-state index is 12.3. The molecule has 0 bridgehead atoms. The van der Waals surface area contributed by atoms with E-state index in [0.29, 0.717) is 24.1 Å². The molecule has 148 valence electrons. The first-order chi connectivity index (χ1) is 12.8. The lowest BCUT2D eigenvalue weighted by Crippen LogP contribution is -2.68. The molecule has 1 atom stereocenters. The van der Waals surface area contributed by atoms with Crippen molar-refractivity contribution < 1.29 is 18.0 Å². The molecule has 1 spiro atoms. The molecule has 0 radical (unpaired) electrons. The van der Waals surface area contributed by atoms with Gasteiger partial charge in [-0.05, 0) is 57.4 Å². The minimum absolute atomic E-state index is 0.0768. The van der Waals surface area contributed by atoms with E-state index >= 15 is 0 Å². The summed E-state index contributed by atoms with van der Waals surface area (Å²) < 4.78 is 26.4. The third-order valence-corrected chi connectivity index (χ3v) is 7.06. The zero-order valence-corrected chi connectivity index (χ0v) is 16.4. The van der Waals surface area contributed by atoms with Crippen LogP contribution >= 0.6 is 0 Å². The molecule has 2 amide bonds. The number of benzene rings is 1. The summed E-state index contributed by atoms with van der Waals surface area (Å²) >= 11 is 0. The number of piperidine rings is 1. The summed E-state index contributed by atoms with van der Waals surface area (Å²) in [6, 6.07) is 4.87. The van der Waals surface area contributed by atoms with Gasteiger partial charge in [-0.1, -0.05) is 6.07 Å². The summed E-state index contributed by atoms with van der Waals surface area (Å²) in [6.07, 6.45) is 4.12. The smallest absolute Gasteiger partial charge is 0.240 e. The van der Waals surface area contributed by atoms with E-state index in [9.17, 15) is 18.0 Å². The van der Waals surface area contributed by atoms with Crippen LogP contribution in [-0.4, -0.2) is 45.4 Å². The number of carbonyl (C=O) groups excluding carboxylic acids is 2. The van der Waals surface area contributed by atoms with Crippen molar-refractivity contribution in [3.05, 3.63) is 23.8 Å². The maximum atomic E-state index is 12.3. The maximum Gasteiger partial charge on any atom is 0.240 e. The molecular weight excluding hydrogens is 368 g/mol. The van der Waals surface area contributed by atoms with Crippen LogP contribution in [0, 0.1) is 6.92 Å². The fourth-order valence-corrected chi connectivity index (χ4v) is 4.80. The topological polar surface area (TPSA) is 116 Å². The number of aryl methyl sites for hydroxylation is 1. The van der Waals surface area contributed by atoms with Crippen molar-refractivity contribution >= 4 is 27.5 Å². The first-order valence-electron chi connectivity index (χ1n) is 9.14. The standard InChI is InChI=1S/C18H26N4O4S/c1-12-4-5-13(10-14(12)27(25,26)19-2)21-17(24)11-20-15-6-7-16(23)22-18(15)8-3-9-18/h4-5,10,15,19-20H,3,6-9,11H2,1-2H3,(H,21,24)(H,22,23). The molecule has 27 heavy (non-hydrogen) atoms. The highest BCUT2D eigenvalue weighted by atomic mass is 32.2. The quantitative estimate of drug-likeness (QED) is 0.565. The summed E-state index contributed by atoms with van der Waals surface area (Å²) in [4.78, 5) is 24.2. The van der Waals surface area contributed by atoms with Gasteiger partial charge in [0.1, 0.15) is 0 Å². The number of hydrogen-bond acceptors (Lipinski definition) is 5. The number of sulfonamides is 1. The second kappa shape index (κ2) is 7.57. The molecule has 2 fully saturated rings. The predicted molar refractivity (Wildman–Crippen MR) is 102 cm³/mol. The molecule has 2 aliphatic rings. The van der Waals surface area contributed by atoms with Gasteiger partial charge in [0.05, 0.1) is 17.0 Å². The van der Waals surface area contributed by atoms with Crippen molar-refractivity contribution in [3.63, 3.8) is 0 Å². The van der Waals surface area contributed by atoms with Crippen LogP contribution in [0.4, 0.5) is 5.69 Å². The zero-order valence-electron chi connectivity index (χ0n) is 15.6. The number of amides is 2. The molecule has 8 nitrogen and oxygen atoms in total. The average Bonchev–Trinajstić information content (AvgIpc) is 2.60. The largest absolute Gasteiger partial charge is 0.349 e. The van der Waals surface area contributed by atoms with Crippen LogP contribution in [0.15, 0.2) is 23.1 Å². The molecule has 1 heterocycles. The molecule has 1 aromatic carbocycles. The Hall–Kier alpha value is -1.97. The van der Waals surface area contributed by atoms with Gasteiger partial charge in [0, 0.05) is 18.2 Å². The second-order valence-corrected chi connectivity index (χ2v) is 9.12. The van der Waals surface area contributed by atoms with Crippen molar-refractivity contribution in [1.29, 1.82) is 0 Å². The van der Waals surface area contributed by atoms with Crippen LogP contribution in [0.25, 0.3) is 0 Å². The fourth-order valence-electron chi connectivity index (χ4n) is 3.81. The monoisotopic (exact) mass is 394 g/mol. The highest BCUT2D eigenvalue weighted by Crippen LogP contribution is 2.38. The summed E-state index contributed by atoms with van der Waals surface area (Å²) in [5.41, 5.74) is 0.815. The highest BCUT2D eigenvalue weighted by molar-refractivity contribution is 7.89. The summed E-state index contributed by atoms with van der Waals surface area (Å²) in [7, 11) is -2.24. The minimum Gasteiger partial charge on any atom is -0.349 e. The normalized spacial score (nSPS) is 21.4. The first-order valence-corrected chi connectivity index (χ1v) is 10.6. The van der Waals surface area contributed by atoms with E-state index in [2.05, 4.69) is 20.7 Å². The van der Waals surface area contributed by atoms with Crippen molar-refractivity contribution in [2.75, 3.05) is 18.9 Å². The molecule has 1 saturated carbocycles. The van der Waals surface area contributed by atoms with E-state index < -0.39 is 10.0 Å². The van der Waals surface area contributed by atoms with Crippen molar-refractivity contribution in [2.24, 2.45) is 0 Å². The van der Waals surface area contributed by atoms with E-state index in [-0.39, 0.29) is 34.8 Å². The lowest BCUT2D eigenvalue weighted by Gasteiger charge is -2.51. The summed E-state index contributed by atoms with van der Waals surface area (Å²) in [5, 5.41) is 9.08. The minimum atomic E-state index is -3.59. The third-order valence-electron chi connectivity index (χ3n) is 5.50. The molecule has 1 aliphatic carbocycles. The van der Waals surface area contributed by atoms with E-state index in [4.69, 9.17) is 0 Å². The van der Waals surface area contributed by atoms with Gasteiger partial charge in [-0.2, -0.15) is 0 Å². The predicted octanol–water partition coefficient (Wildman–Crippen LogP) is 0.633. The van der Waals surface area contributed by atoms with Gasteiger partial charge in [0.25, 0.3) is 0 Å². The molecule has 1 unspecified atom stereocenters. The molecule has 0 aromatic heterocycles. The number of carbonyl (C=O) groups is 2. The average molecular weight is 394 g/mol. The number of anilines is 1. The van der Waals surface area contributed by atoms with Crippen molar-refractivity contribution in [3.8, 4) is 0 Å². The Kier molecular flexibility index (Phi) is 5.55. The third kappa shape index (κ3) is 4.15. The van der Waals surface area contributed by atoms with Crippen LogP contribution in [-0.2, 0) is 19.6 Å². The van der Waals surface area contributed by atoms with E-state index in [1.807, 2.05) is 0 Å². The summed E-state index contributed by atoms with van der Waals surface area (Å²) in [5.74, 6) is -0.173. The lowest BCUT2D eigenvalue weighted by molar-refractivity contribution is -0.128. The molecule has 4 N–H and O–H groups in total. The number of hydrogen-bond donors (Lipinski definition) is 4. The zero-order chi connectivity index (χ0) is 19.7. The van der Waals surface area contributed by atoms with Crippen LogP contribution in [0.2, 0.25) is 0 Å². The Morgan fingerprint density at radius 2 is 2.07 bits per heavy atom. The Bertz CT molecular complexity index is 849. The Balaban J connectivity index is 1.61. The Labute approximate surface area is 159 Å². The molecule has 9 heteroatoms. The lowest BCUT2D eigenvalue weighted by atomic mass is 9.68. The van der Waals surface area contributed by atoms with Gasteiger partial charge in [0.2, 0.25) is 21.8 Å². The van der Waals surface area contributed by atoms with Gasteiger partial charge >= 0.3 is 0 Å². The first kappa shape index (κ1) is 19.8.